The van der Waals surface area contributed by atoms with E-state index in [0.717, 1.165) is 12.1 Å². The van der Waals surface area contributed by atoms with Crippen molar-refractivity contribution in [2.75, 3.05) is 0 Å². The van der Waals surface area contributed by atoms with E-state index >= 15 is 0 Å². The number of benzene rings is 1. The lowest BCUT2D eigenvalue weighted by Gasteiger charge is -2.12. The highest BCUT2D eigenvalue weighted by Gasteiger charge is 2.31. The monoisotopic (exact) mass is 274 g/mol. The van der Waals surface area contributed by atoms with E-state index in [1.165, 1.54) is 12.1 Å². The summed E-state index contributed by atoms with van der Waals surface area (Å²) in [6.07, 6.45) is -4.82. The summed E-state index contributed by atoms with van der Waals surface area (Å²) in [6, 6.07) is 4.30. The standard InChI is InChI=1S/C7H6F3O4PS/c8-7(9,10)13-5-2-1-3-6(4-5)14-15(11,12)16/h1-4H,(H2,11,12,16). The van der Waals surface area contributed by atoms with E-state index in [9.17, 15) is 13.2 Å². The molecule has 0 aliphatic heterocycles. The third-order valence-corrected chi connectivity index (χ3v) is 1.94. The summed E-state index contributed by atoms with van der Waals surface area (Å²) in [5.74, 6) is -0.747. The molecule has 0 spiro atoms. The Hall–Kier alpha value is -0.820. The van der Waals surface area contributed by atoms with Crippen molar-refractivity contribution in [2.45, 2.75) is 6.36 Å². The van der Waals surface area contributed by atoms with E-state index in [2.05, 4.69) is 21.1 Å². The lowest BCUT2D eigenvalue weighted by molar-refractivity contribution is -0.274. The van der Waals surface area contributed by atoms with Crippen LogP contribution >= 0.6 is 6.72 Å². The second-order valence-corrected chi connectivity index (χ2v) is 5.20. The van der Waals surface area contributed by atoms with Crippen LogP contribution in [-0.4, -0.2) is 16.1 Å². The molecule has 9 heteroatoms. The second kappa shape index (κ2) is 4.58. The third-order valence-electron chi connectivity index (χ3n) is 1.26. The molecule has 0 aliphatic rings. The SMILES string of the molecule is OP(O)(=S)Oc1cccc(OC(F)(F)F)c1. The maximum Gasteiger partial charge on any atom is 0.573 e. The molecule has 0 saturated carbocycles. The molecule has 0 aliphatic carbocycles. The summed E-state index contributed by atoms with van der Waals surface area (Å²) in [7, 11) is 0. The van der Waals surface area contributed by atoms with Crippen molar-refractivity contribution in [1.82, 2.24) is 0 Å². The van der Waals surface area contributed by atoms with Crippen LogP contribution in [0.1, 0.15) is 0 Å². The molecule has 4 nitrogen and oxygen atoms in total. The van der Waals surface area contributed by atoms with Gasteiger partial charge in [-0.05, 0) is 12.1 Å². The van der Waals surface area contributed by atoms with Crippen molar-refractivity contribution in [1.29, 1.82) is 0 Å². The molecule has 0 bridgehead atoms. The molecule has 1 rings (SSSR count). The Bertz CT molecular complexity index is 416. The number of hydrogen-bond acceptors (Lipinski definition) is 3. The molecule has 16 heavy (non-hydrogen) atoms. The van der Waals surface area contributed by atoms with Crippen molar-refractivity contribution in [3.63, 3.8) is 0 Å². The van der Waals surface area contributed by atoms with E-state index in [1.807, 2.05) is 0 Å². The van der Waals surface area contributed by atoms with Crippen molar-refractivity contribution in [3.8, 4) is 11.5 Å². The summed E-state index contributed by atoms with van der Waals surface area (Å²) in [5.41, 5.74) is 0. The molecule has 0 amide bonds. The topological polar surface area (TPSA) is 58.9 Å². The molecule has 1 aromatic carbocycles. The van der Waals surface area contributed by atoms with Crippen LogP contribution in [0.2, 0.25) is 0 Å². The summed E-state index contributed by atoms with van der Waals surface area (Å²) in [5, 5.41) is 0. The fraction of sp³-hybridized carbons (Fsp3) is 0.143. The van der Waals surface area contributed by atoms with Gasteiger partial charge in [0.25, 0.3) is 0 Å². The van der Waals surface area contributed by atoms with E-state index in [1.54, 1.807) is 0 Å². The largest absolute Gasteiger partial charge is 0.573 e. The minimum Gasteiger partial charge on any atom is -0.424 e. The molecule has 0 heterocycles. The minimum atomic E-state index is -4.82. The second-order valence-electron chi connectivity index (χ2n) is 2.60. The first-order chi connectivity index (χ1) is 7.16. The highest BCUT2D eigenvalue weighted by Crippen LogP contribution is 2.39. The van der Waals surface area contributed by atoms with E-state index in [4.69, 9.17) is 9.79 Å². The average Bonchev–Trinajstić information content (AvgIpc) is 1.96. The van der Waals surface area contributed by atoms with E-state index < -0.39 is 18.8 Å². The summed E-state index contributed by atoms with van der Waals surface area (Å²) in [6.45, 7) is -3.96. The number of hydrogen-bond donors (Lipinski definition) is 2. The van der Waals surface area contributed by atoms with Gasteiger partial charge >= 0.3 is 13.1 Å². The third kappa shape index (κ3) is 5.32. The zero-order valence-electron chi connectivity index (χ0n) is 7.51. The predicted molar refractivity (Wildman–Crippen MR) is 52.5 cm³/mol. The van der Waals surface area contributed by atoms with Gasteiger partial charge in [0.2, 0.25) is 0 Å². The van der Waals surface area contributed by atoms with Crippen molar-refractivity contribution in [3.05, 3.63) is 24.3 Å². The van der Waals surface area contributed by atoms with Crippen LogP contribution < -0.4 is 9.26 Å². The number of alkyl halides is 3. The molecule has 0 radical (unpaired) electrons. The van der Waals surface area contributed by atoms with Crippen molar-refractivity contribution in [2.24, 2.45) is 0 Å². The highest BCUT2D eigenvalue weighted by molar-refractivity contribution is 8.06. The van der Waals surface area contributed by atoms with Crippen LogP contribution in [0.15, 0.2) is 24.3 Å². The van der Waals surface area contributed by atoms with Gasteiger partial charge in [0.1, 0.15) is 11.5 Å². The van der Waals surface area contributed by atoms with Crippen LogP contribution in [0.4, 0.5) is 13.2 Å². The Morgan fingerprint density at radius 3 is 2.25 bits per heavy atom. The Labute approximate surface area is 93.5 Å². The zero-order chi connectivity index (χ0) is 12.4. The molecular weight excluding hydrogens is 268 g/mol. The average molecular weight is 274 g/mol. The van der Waals surface area contributed by atoms with Crippen LogP contribution in [0.3, 0.4) is 0 Å². The van der Waals surface area contributed by atoms with Crippen LogP contribution in [0, 0.1) is 0 Å². The Morgan fingerprint density at radius 1 is 1.19 bits per heavy atom. The number of halogens is 3. The van der Waals surface area contributed by atoms with Gasteiger partial charge in [-0.2, -0.15) is 0 Å². The van der Waals surface area contributed by atoms with Gasteiger partial charge in [-0.15, -0.1) is 13.2 Å². The molecule has 0 aromatic heterocycles. The first-order valence-corrected chi connectivity index (χ1v) is 6.39. The quantitative estimate of drug-likeness (QED) is 0.827. The Morgan fingerprint density at radius 2 is 1.75 bits per heavy atom. The maximum absolute atomic E-state index is 11.8. The molecule has 2 N–H and O–H groups in total. The smallest absolute Gasteiger partial charge is 0.424 e. The Balaban J connectivity index is 2.83. The molecule has 0 fully saturated rings. The van der Waals surface area contributed by atoms with Gasteiger partial charge in [0.15, 0.2) is 0 Å². The maximum atomic E-state index is 11.8. The molecule has 1 aromatic rings. The minimum absolute atomic E-state index is 0.213. The zero-order valence-corrected chi connectivity index (χ0v) is 9.22. The van der Waals surface area contributed by atoms with Gasteiger partial charge < -0.3 is 19.0 Å². The van der Waals surface area contributed by atoms with Crippen molar-refractivity contribution >= 4 is 18.5 Å². The van der Waals surface area contributed by atoms with E-state index in [0.29, 0.717) is 0 Å². The van der Waals surface area contributed by atoms with Crippen LogP contribution in [0.25, 0.3) is 0 Å². The summed E-state index contributed by atoms with van der Waals surface area (Å²) < 4.78 is 43.5. The number of ether oxygens (including phenoxy) is 1. The van der Waals surface area contributed by atoms with Gasteiger partial charge in [-0.25, -0.2) is 0 Å². The van der Waals surface area contributed by atoms with Crippen LogP contribution in [-0.2, 0) is 11.8 Å². The molecule has 90 valence electrons. The lowest BCUT2D eigenvalue weighted by atomic mass is 10.3. The lowest BCUT2D eigenvalue weighted by Crippen LogP contribution is -2.17. The van der Waals surface area contributed by atoms with Gasteiger partial charge in [-0.1, -0.05) is 6.07 Å². The molecule has 0 saturated heterocycles. The predicted octanol–water partition coefficient (Wildman–Crippen LogP) is 2.17. The fourth-order valence-corrected chi connectivity index (χ4v) is 1.51. The highest BCUT2D eigenvalue weighted by atomic mass is 32.5. The van der Waals surface area contributed by atoms with Crippen LogP contribution in [0.5, 0.6) is 11.5 Å². The molecular formula is C7H6F3O4PS. The molecule has 0 unspecified atom stereocenters. The number of rotatable bonds is 3. The van der Waals surface area contributed by atoms with Gasteiger partial charge in [0, 0.05) is 17.9 Å². The fourth-order valence-electron chi connectivity index (χ4n) is 0.865. The summed E-state index contributed by atoms with van der Waals surface area (Å²) in [4.78, 5) is 17.6. The van der Waals surface area contributed by atoms with Crippen molar-refractivity contribution < 1.29 is 32.2 Å². The van der Waals surface area contributed by atoms with Gasteiger partial charge in [0.05, 0.1) is 0 Å². The first-order valence-electron chi connectivity index (χ1n) is 3.77. The summed E-state index contributed by atoms with van der Waals surface area (Å²) >= 11 is 4.16. The first kappa shape index (κ1) is 13.2. The normalized spacial score (nSPS) is 12.3. The molecule has 0 atom stereocenters. The van der Waals surface area contributed by atoms with E-state index in [-0.39, 0.29) is 5.75 Å². The Kier molecular flexibility index (Phi) is 3.80. The van der Waals surface area contributed by atoms with Gasteiger partial charge in [-0.3, -0.25) is 0 Å².